The maximum Gasteiger partial charge on any atom is 0.338 e. The lowest BCUT2D eigenvalue weighted by atomic mass is 9.95. The number of ether oxygens (including phenoxy) is 2. The molecule has 0 bridgehead atoms. The third kappa shape index (κ3) is 4.98. The highest BCUT2D eigenvalue weighted by molar-refractivity contribution is 5.95. The van der Waals surface area contributed by atoms with E-state index in [1.54, 1.807) is 6.92 Å². The number of esters is 1. The largest absolute Gasteiger partial charge is 0.460 e. The molecule has 0 saturated heterocycles. The number of allylic oxidation sites excluding steroid dienone is 1. The lowest BCUT2D eigenvalue weighted by molar-refractivity contribution is -0.141. The van der Waals surface area contributed by atoms with E-state index in [-0.39, 0.29) is 18.7 Å². The highest BCUT2D eigenvalue weighted by Gasteiger charge is 2.32. The van der Waals surface area contributed by atoms with E-state index < -0.39 is 12.0 Å². The quantitative estimate of drug-likeness (QED) is 0.576. The van der Waals surface area contributed by atoms with E-state index in [9.17, 15) is 9.59 Å². The number of carbonyl (C=O) groups is 2. The van der Waals surface area contributed by atoms with E-state index in [0.717, 1.165) is 11.3 Å². The second kappa shape index (κ2) is 8.71. The Balaban J connectivity index is 2.18. The molecule has 1 aromatic rings. The first kappa shape index (κ1) is 19.8. The van der Waals surface area contributed by atoms with Gasteiger partial charge < -0.3 is 25.0 Å². The van der Waals surface area contributed by atoms with Gasteiger partial charge in [0.1, 0.15) is 6.61 Å². The molecular formula is C19H27N3O4. The number of nitrogens with one attached hydrogen (secondary N) is 2. The van der Waals surface area contributed by atoms with Crippen LogP contribution in [0.2, 0.25) is 0 Å². The minimum atomic E-state index is -0.557. The number of hydrogen-bond donors (Lipinski definition) is 2. The van der Waals surface area contributed by atoms with E-state index in [4.69, 9.17) is 9.47 Å². The minimum Gasteiger partial charge on any atom is -0.460 e. The first-order valence-corrected chi connectivity index (χ1v) is 8.64. The van der Waals surface area contributed by atoms with Crippen molar-refractivity contribution in [2.75, 3.05) is 32.2 Å². The Labute approximate surface area is 154 Å². The second-order valence-corrected chi connectivity index (χ2v) is 6.61. The number of rotatable bonds is 7. The van der Waals surface area contributed by atoms with Crippen LogP contribution in [-0.4, -0.2) is 45.4 Å². The minimum absolute atomic E-state index is 0.0771. The molecule has 1 aromatic carbocycles. The molecule has 2 rings (SSSR count). The van der Waals surface area contributed by atoms with Crippen molar-refractivity contribution in [1.29, 1.82) is 0 Å². The Bertz CT molecular complexity index is 681. The van der Waals surface area contributed by atoms with Crippen LogP contribution in [0.25, 0.3) is 0 Å². The van der Waals surface area contributed by atoms with Gasteiger partial charge in [0.05, 0.1) is 24.3 Å². The first-order valence-electron chi connectivity index (χ1n) is 8.64. The number of benzene rings is 1. The molecule has 0 saturated carbocycles. The standard InChI is InChI=1S/C19H27N3O4/c1-12(2)25-10-11-26-18(23)16-13(3)20-19(24)21-17(16)14-6-8-15(9-7-14)22(4)5/h6-9,12,17H,10-11H2,1-5H3,(H2,20,21,24)/t17-/m1/s1. The van der Waals surface area contributed by atoms with Gasteiger partial charge in [-0.25, -0.2) is 9.59 Å². The van der Waals surface area contributed by atoms with Crippen LogP contribution in [-0.2, 0) is 14.3 Å². The monoisotopic (exact) mass is 361 g/mol. The van der Waals surface area contributed by atoms with Crippen molar-refractivity contribution in [3.05, 3.63) is 41.1 Å². The number of hydrogen-bond acceptors (Lipinski definition) is 5. The van der Waals surface area contributed by atoms with Gasteiger partial charge in [-0.2, -0.15) is 0 Å². The molecule has 2 amide bonds. The molecule has 1 heterocycles. The Morgan fingerprint density at radius 1 is 1.19 bits per heavy atom. The zero-order chi connectivity index (χ0) is 19.3. The number of urea groups is 1. The Morgan fingerprint density at radius 2 is 1.85 bits per heavy atom. The number of carbonyl (C=O) groups excluding carboxylic acids is 2. The number of anilines is 1. The maximum atomic E-state index is 12.6. The van der Waals surface area contributed by atoms with Crippen molar-refractivity contribution < 1.29 is 19.1 Å². The van der Waals surface area contributed by atoms with Crippen molar-refractivity contribution in [2.45, 2.75) is 32.9 Å². The van der Waals surface area contributed by atoms with Gasteiger partial charge in [-0.05, 0) is 38.5 Å². The average molecular weight is 361 g/mol. The van der Waals surface area contributed by atoms with Gasteiger partial charge in [0.2, 0.25) is 0 Å². The molecule has 0 spiro atoms. The number of amides is 2. The van der Waals surface area contributed by atoms with Crippen molar-refractivity contribution in [3.8, 4) is 0 Å². The van der Waals surface area contributed by atoms with E-state index in [0.29, 0.717) is 17.9 Å². The summed E-state index contributed by atoms with van der Waals surface area (Å²) in [4.78, 5) is 26.5. The predicted octanol–water partition coefficient (Wildman–Crippen LogP) is 2.35. The molecule has 2 N–H and O–H groups in total. The molecular weight excluding hydrogens is 334 g/mol. The maximum absolute atomic E-state index is 12.6. The van der Waals surface area contributed by atoms with Crippen LogP contribution in [0.3, 0.4) is 0 Å². The zero-order valence-electron chi connectivity index (χ0n) is 16.0. The van der Waals surface area contributed by atoms with Crippen molar-refractivity contribution in [2.24, 2.45) is 0 Å². The molecule has 0 radical (unpaired) electrons. The van der Waals surface area contributed by atoms with Crippen LogP contribution >= 0.6 is 0 Å². The molecule has 1 aliphatic rings. The molecule has 0 unspecified atom stereocenters. The third-order valence-electron chi connectivity index (χ3n) is 4.00. The molecule has 1 atom stereocenters. The van der Waals surface area contributed by atoms with Crippen LogP contribution in [0.1, 0.15) is 32.4 Å². The fraction of sp³-hybridized carbons (Fsp3) is 0.474. The molecule has 142 valence electrons. The summed E-state index contributed by atoms with van der Waals surface area (Å²) < 4.78 is 10.7. The van der Waals surface area contributed by atoms with Crippen LogP contribution in [0, 0.1) is 0 Å². The summed E-state index contributed by atoms with van der Waals surface area (Å²) >= 11 is 0. The summed E-state index contributed by atoms with van der Waals surface area (Å²) in [6, 6.07) is 6.78. The van der Waals surface area contributed by atoms with Gasteiger partial charge >= 0.3 is 12.0 Å². The lowest BCUT2D eigenvalue weighted by Crippen LogP contribution is -2.45. The Hall–Kier alpha value is -2.54. The summed E-state index contributed by atoms with van der Waals surface area (Å²) in [5, 5.41) is 5.44. The molecule has 0 fully saturated rings. The van der Waals surface area contributed by atoms with Crippen molar-refractivity contribution in [3.63, 3.8) is 0 Å². The van der Waals surface area contributed by atoms with E-state index in [2.05, 4.69) is 10.6 Å². The smallest absolute Gasteiger partial charge is 0.338 e. The first-order chi connectivity index (χ1) is 12.3. The predicted molar refractivity (Wildman–Crippen MR) is 99.9 cm³/mol. The van der Waals surface area contributed by atoms with Gasteiger partial charge in [0, 0.05) is 25.5 Å². The third-order valence-corrected chi connectivity index (χ3v) is 4.00. The van der Waals surface area contributed by atoms with Gasteiger partial charge in [0.15, 0.2) is 0 Å². The Morgan fingerprint density at radius 3 is 2.42 bits per heavy atom. The highest BCUT2D eigenvalue weighted by atomic mass is 16.6. The van der Waals surface area contributed by atoms with Gasteiger partial charge in [-0.1, -0.05) is 12.1 Å². The lowest BCUT2D eigenvalue weighted by Gasteiger charge is -2.28. The molecule has 1 aliphatic heterocycles. The summed E-state index contributed by atoms with van der Waals surface area (Å²) in [7, 11) is 3.90. The molecule has 7 heteroatoms. The van der Waals surface area contributed by atoms with Crippen LogP contribution in [0.15, 0.2) is 35.5 Å². The van der Waals surface area contributed by atoms with Gasteiger partial charge in [-0.3, -0.25) is 0 Å². The normalized spacial score (nSPS) is 17.0. The second-order valence-electron chi connectivity index (χ2n) is 6.61. The molecule has 7 nitrogen and oxygen atoms in total. The number of nitrogens with zero attached hydrogens (tertiary/aromatic N) is 1. The van der Waals surface area contributed by atoms with Crippen molar-refractivity contribution in [1.82, 2.24) is 10.6 Å². The van der Waals surface area contributed by atoms with Crippen LogP contribution < -0.4 is 15.5 Å². The zero-order valence-corrected chi connectivity index (χ0v) is 16.0. The van der Waals surface area contributed by atoms with Gasteiger partial charge in [-0.15, -0.1) is 0 Å². The molecule has 0 aliphatic carbocycles. The summed E-state index contributed by atoms with van der Waals surface area (Å²) in [5.74, 6) is -0.468. The van der Waals surface area contributed by atoms with E-state index in [1.165, 1.54) is 0 Å². The van der Waals surface area contributed by atoms with E-state index in [1.807, 2.05) is 57.1 Å². The van der Waals surface area contributed by atoms with Crippen LogP contribution in [0.5, 0.6) is 0 Å². The summed E-state index contributed by atoms with van der Waals surface area (Å²) in [5.41, 5.74) is 2.73. The fourth-order valence-corrected chi connectivity index (χ4v) is 2.68. The Kier molecular flexibility index (Phi) is 6.63. The molecule has 0 aromatic heterocycles. The average Bonchev–Trinajstić information content (AvgIpc) is 2.57. The summed E-state index contributed by atoms with van der Waals surface area (Å²) in [6.45, 7) is 6.03. The summed E-state index contributed by atoms with van der Waals surface area (Å²) in [6.07, 6.45) is 0.0771. The SMILES string of the molecule is CC1=C(C(=O)OCCOC(C)C)[C@@H](c2ccc(N(C)C)cc2)NC(=O)N1. The van der Waals surface area contributed by atoms with Crippen LogP contribution in [0.4, 0.5) is 10.5 Å². The highest BCUT2D eigenvalue weighted by Crippen LogP contribution is 2.28. The van der Waals surface area contributed by atoms with E-state index >= 15 is 0 Å². The topological polar surface area (TPSA) is 79.9 Å². The van der Waals surface area contributed by atoms with Crippen molar-refractivity contribution >= 4 is 17.7 Å². The van der Waals surface area contributed by atoms with Gasteiger partial charge in [0.25, 0.3) is 0 Å². The molecule has 26 heavy (non-hydrogen) atoms. The fourth-order valence-electron chi connectivity index (χ4n) is 2.68.